The summed E-state index contributed by atoms with van der Waals surface area (Å²) in [6.45, 7) is -0.504. The molecule has 4 aromatic rings. The van der Waals surface area contributed by atoms with Crippen LogP contribution in [0.4, 0.5) is 0 Å². The van der Waals surface area contributed by atoms with Gasteiger partial charge in [-0.1, -0.05) is 0 Å². The van der Waals surface area contributed by atoms with Crippen molar-refractivity contribution in [2.75, 3.05) is 52.9 Å². The number of benzene rings is 4. The fourth-order valence-corrected chi connectivity index (χ4v) is 8.87. The predicted molar refractivity (Wildman–Crippen MR) is 296 cm³/mol. The summed E-state index contributed by atoms with van der Waals surface area (Å²) in [5, 5.41) is 76.1. The molecule has 1 aliphatic carbocycles. The van der Waals surface area contributed by atoms with Crippen LogP contribution in [0.15, 0.2) is 48.5 Å². The van der Waals surface area contributed by atoms with Crippen molar-refractivity contribution in [1.29, 1.82) is 0 Å². The molecule has 0 amide bonds. The minimum atomic E-state index is -1.05. The molecule has 5 rings (SSSR count). The predicted octanol–water partition coefficient (Wildman–Crippen LogP) is 8.31. The van der Waals surface area contributed by atoms with Gasteiger partial charge in [-0.2, -0.15) is 0 Å². The Kier molecular flexibility index (Phi) is 27.0. The smallest absolute Gasteiger partial charge is 0.303 e. The van der Waals surface area contributed by atoms with E-state index in [1.807, 2.05) is 0 Å². The number of ether oxygens (including phenoxy) is 8. The van der Waals surface area contributed by atoms with E-state index in [0.29, 0.717) is 44.5 Å². The molecule has 84 heavy (non-hydrogen) atoms. The Labute approximate surface area is 483 Å². The first-order valence-corrected chi connectivity index (χ1v) is 27.6. The highest BCUT2D eigenvalue weighted by Gasteiger charge is 2.25. The molecular weight excluding hydrogens is 1100 g/mol. The van der Waals surface area contributed by atoms with Crippen LogP contribution in [0.2, 0.25) is 0 Å². The maximum absolute atomic E-state index is 11.6. The lowest BCUT2D eigenvalue weighted by Gasteiger charge is -2.23. The lowest BCUT2D eigenvalue weighted by atomic mass is 9.91. The zero-order chi connectivity index (χ0) is 61.0. The molecule has 0 aliphatic heterocycles. The van der Waals surface area contributed by atoms with Gasteiger partial charge in [-0.15, -0.1) is 0 Å². The van der Waals surface area contributed by atoms with E-state index >= 15 is 0 Å². The van der Waals surface area contributed by atoms with Gasteiger partial charge in [0.25, 0.3) is 0 Å². The van der Waals surface area contributed by atoms with Crippen LogP contribution < -0.4 is 37.9 Å². The van der Waals surface area contributed by atoms with Gasteiger partial charge < -0.3 is 78.7 Å². The van der Waals surface area contributed by atoms with Gasteiger partial charge in [-0.25, -0.2) is 0 Å². The zero-order valence-corrected chi connectivity index (χ0v) is 46.5. The SMILES string of the molecule is O=C(O)CCCOc1cc(OCCCC(=O)O)c2cc1Cc1cc(c(OCCCC(=O)O)cc1OCCCC(=O)O)Cc1cc(c(OCCCC(=O)O)cc1OCCCC(=O)O)Cc1cc(c(OCCCC(=O)O)cc1OCCCC(=O)O)C2. The summed E-state index contributed by atoms with van der Waals surface area (Å²) in [6.07, 6.45) is -0.897. The number of hydrogen-bond acceptors (Lipinski definition) is 16. The molecule has 0 radical (unpaired) electrons. The molecule has 0 saturated carbocycles. The molecule has 8 N–H and O–H groups in total. The van der Waals surface area contributed by atoms with Gasteiger partial charge in [0.05, 0.1) is 52.9 Å². The van der Waals surface area contributed by atoms with Crippen LogP contribution in [0.25, 0.3) is 0 Å². The molecule has 1 aliphatic rings. The summed E-state index contributed by atoms with van der Waals surface area (Å²) in [5.74, 6) is -6.40. The number of hydrogen-bond donors (Lipinski definition) is 8. The normalized spacial score (nSPS) is 11.6. The molecule has 4 aromatic carbocycles. The van der Waals surface area contributed by atoms with Gasteiger partial charge in [-0.3, -0.25) is 38.4 Å². The molecule has 456 valence electrons. The van der Waals surface area contributed by atoms with Crippen molar-refractivity contribution in [2.45, 2.75) is 128 Å². The Morgan fingerprint density at radius 2 is 0.345 bits per heavy atom. The topological polar surface area (TPSA) is 372 Å². The van der Waals surface area contributed by atoms with Crippen molar-refractivity contribution in [3.63, 3.8) is 0 Å². The first-order chi connectivity index (χ1) is 40.2. The van der Waals surface area contributed by atoms with Crippen LogP contribution in [-0.2, 0) is 64.0 Å². The van der Waals surface area contributed by atoms with E-state index < -0.39 is 47.8 Å². The summed E-state index contributed by atoms with van der Waals surface area (Å²) in [6, 6.07) is 13.7. The molecular formula is C60H72O24. The number of aliphatic carboxylic acids is 8. The second kappa shape index (κ2) is 34.5. The van der Waals surface area contributed by atoms with Crippen molar-refractivity contribution in [1.82, 2.24) is 0 Å². The number of rotatable bonds is 40. The quantitative estimate of drug-likeness (QED) is 0.0171. The average molecular weight is 1180 g/mol. The third-order valence-corrected chi connectivity index (χ3v) is 12.8. The van der Waals surface area contributed by atoms with Crippen molar-refractivity contribution in [3.05, 3.63) is 93.0 Å². The van der Waals surface area contributed by atoms with Crippen LogP contribution >= 0.6 is 0 Å². The zero-order valence-electron chi connectivity index (χ0n) is 46.5. The van der Waals surface area contributed by atoms with Crippen LogP contribution in [-0.4, -0.2) is 141 Å². The maximum Gasteiger partial charge on any atom is 0.303 e. The second-order valence-corrected chi connectivity index (χ2v) is 19.7. The monoisotopic (exact) mass is 1180 g/mol. The Morgan fingerprint density at radius 3 is 0.452 bits per heavy atom. The highest BCUT2D eigenvalue weighted by Crippen LogP contribution is 2.42. The van der Waals surface area contributed by atoms with Crippen molar-refractivity contribution < 1.29 is 117 Å². The molecule has 24 nitrogen and oxygen atoms in total. The highest BCUT2D eigenvalue weighted by atomic mass is 16.5. The number of carboxylic acid groups (broad SMARTS) is 8. The average Bonchev–Trinajstić information content (AvgIpc) is 2.55. The minimum Gasteiger partial charge on any atom is -0.493 e. The molecule has 0 heterocycles. The Balaban J connectivity index is 1.89. The molecule has 0 fully saturated rings. The molecule has 0 saturated heterocycles. The Hall–Kier alpha value is -8.96. The lowest BCUT2D eigenvalue weighted by Crippen LogP contribution is -2.12. The van der Waals surface area contributed by atoms with Gasteiger partial charge >= 0.3 is 47.8 Å². The van der Waals surface area contributed by atoms with Gasteiger partial charge in [0.2, 0.25) is 0 Å². The van der Waals surface area contributed by atoms with Crippen molar-refractivity contribution >= 4 is 47.8 Å². The van der Waals surface area contributed by atoms with Crippen molar-refractivity contribution in [3.8, 4) is 46.0 Å². The van der Waals surface area contributed by atoms with Gasteiger partial charge in [-0.05, 0) is 120 Å². The van der Waals surface area contributed by atoms with Gasteiger partial charge in [0.15, 0.2) is 0 Å². The van der Waals surface area contributed by atoms with E-state index in [0.717, 1.165) is 0 Å². The third kappa shape index (κ3) is 23.5. The Bertz CT molecular complexity index is 2370. The summed E-state index contributed by atoms with van der Waals surface area (Å²) in [4.78, 5) is 93.1. The standard InChI is InChI=1S/C60H72O24/c61-53(62)9-1-17-77-45-33-46(78-18-2-10-54(63)64)38-25-37(45)29-39-26-40(48(80-20-4-12-56(67)68)34-47(39)79-19-3-11-55(65)66)31-43-28-44(52(84-24-8-16-60(75)76)36-51(43)83-23-7-15-59(73)74)32-42-27-41(30-38)49(81-21-5-13-57(69)70)35-50(42)82-22-6-14-58(71)72/h25-28,33-36H,1-24,29-32H2,(H,61,62)(H,63,64)(H,65,66)(H,67,68)(H,69,70)(H,71,72)(H,73,74)(H,75,76). The molecule has 0 aromatic heterocycles. The van der Waals surface area contributed by atoms with Crippen LogP contribution in [0, 0.1) is 0 Å². The second-order valence-electron chi connectivity index (χ2n) is 19.7. The molecule has 0 atom stereocenters. The lowest BCUT2D eigenvalue weighted by molar-refractivity contribution is -0.138. The highest BCUT2D eigenvalue weighted by molar-refractivity contribution is 5.69. The minimum absolute atomic E-state index is 0.0148. The Morgan fingerprint density at radius 1 is 0.226 bits per heavy atom. The maximum atomic E-state index is 11.6. The van der Waals surface area contributed by atoms with E-state index in [9.17, 15) is 79.2 Å². The number of carbonyl (C=O) groups is 8. The molecule has 24 heteroatoms. The summed E-state index contributed by atoms with van der Waals surface area (Å²) in [5.41, 5.74) is 4.10. The van der Waals surface area contributed by atoms with Crippen LogP contribution in [0.5, 0.6) is 46.0 Å². The van der Waals surface area contributed by atoms with Crippen LogP contribution in [0.1, 0.15) is 147 Å². The first-order valence-electron chi connectivity index (χ1n) is 27.6. The van der Waals surface area contributed by atoms with E-state index in [4.69, 9.17) is 37.9 Å². The van der Waals surface area contributed by atoms with E-state index in [1.54, 1.807) is 48.5 Å². The largest absolute Gasteiger partial charge is 0.493 e. The number of carboxylic acids is 8. The summed E-state index contributed by atoms with van der Waals surface area (Å²) >= 11 is 0. The van der Waals surface area contributed by atoms with Crippen LogP contribution in [0.3, 0.4) is 0 Å². The van der Waals surface area contributed by atoms with Gasteiger partial charge in [0.1, 0.15) is 46.0 Å². The molecule has 8 bridgehead atoms. The van der Waals surface area contributed by atoms with Gasteiger partial charge in [0, 0.05) is 101 Å². The van der Waals surface area contributed by atoms with E-state index in [-0.39, 0.29) is 227 Å². The number of fused-ring (bicyclic) bond motifs is 8. The van der Waals surface area contributed by atoms with E-state index in [1.165, 1.54) is 0 Å². The molecule has 0 unspecified atom stereocenters. The fourth-order valence-electron chi connectivity index (χ4n) is 8.87. The van der Waals surface area contributed by atoms with E-state index in [2.05, 4.69) is 0 Å². The third-order valence-electron chi connectivity index (χ3n) is 12.8. The summed E-state index contributed by atoms with van der Waals surface area (Å²) in [7, 11) is 0. The molecule has 0 spiro atoms. The fraction of sp³-hybridized carbons (Fsp3) is 0.467. The van der Waals surface area contributed by atoms with Crippen molar-refractivity contribution in [2.24, 2.45) is 0 Å². The summed E-state index contributed by atoms with van der Waals surface area (Å²) < 4.78 is 50.9. The first kappa shape index (κ1) is 65.8.